The summed E-state index contributed by atoms with van der Waals surface area (Å²) in [6, 6.07) is 10.3. The Morgan fingerprint density at radius 3 is 2.67 bits per heavy atom. The zero-order valence-electron chi connectivity index (χ0n) is 13.3. The first-order valence-corrected chi connectivity index (χ1v) is 8.18. The molecule has 0 saturated heterocycles. The van der Waals surface area contributed by atoms with Gasteiger partial charge in [-0.15, -0.1) is 11.3 Å². The van der Waals surface area contributed by atoms with Crippen molar-refractivity contribution in [2.24, 2.45) is 0 Å². The second-order valence-electron chi connectivity index (χ2n) is 5.05. The fraction of sp³-hybridized carbons (Fsp3) is 0.167. The number of hydrogen-bond donors (Lipinski definition) is 1. The van der Waals surface area contributed by atoms with Crippen molar-refractivity contribution in [2.45, 2.75) is 20.0 Å². The summed E-state index contributed by atoms with van der Waals surface area (Å²) >= 11 is 1.49. The number of ketones is 1. The Labute approximate surface area is 144 Å². The first-order valence-electron chi connectivity index (χ1n) is 7.30. The summed E-state index contributed by atoms with van der Waals surface area (Å²) in [4.78, 5) is 36.1. The SMILES string of the molecule is CC(=O)c1cccc(NC(=O)[C@@H](C)OC(=O)/C=C/c2cccs2)c1. The van der Waals surface area contributed by atoms with Crippen LogP contribution in [-0.2, 0) is 14.3 Å². The Balaban J connectivity index is 1.91. The van der Waals surface area contributed by atoms with Crippen LogP contribution in [0.4, 0.5) is 5.69 Å². The molecule has 6 heteroatoms. The summed E-state index contributed by atoms with van der Waals surface area (Å²) in [5.74, 6) is -1.15. The predicted molar refractivity (Wildman–Crippen MR) is 94.0 cm³/mol. The Bertz CT molecular complexity index is 765. The van der Waals surface area contributed by atoms with E-state index in [-0.39, 0.29) is 5.78 Å². The normalized spacial score (nSPS) is 11.9. The van der Waals surface area contributed by atoms with Gasteiger partial charge in [0.2, 0.25) is 0 Å². The summed E-state index contributed by atoms with van der Waals surface area (Å²) < 4.78 is 5.06. The van der Waals surface area contributed by atoms with Crippen molar-refractivity contribution in [1.82, 2.24) is 0 Å². The minimum atomic E-state index is -0.952. The van der Waals surface area contributed by atoms with Crippen molar-refractivity contribution < 1.29 is 19.1 Å². The molecular formula is C18H17NO4S. The van der Waals surface area contributed by atoms with Gasteiger partial charge in [0.05, 0.1) is 0 Å². The number of carbonyl (C=O) groups excluding carboxylic acids is 3. The van der Waals surface area contributed by atoms with Crippen LogP contribution in [0.5, 0.6) is 0 Å². The highest BCUT2D eigenvalue weighted by molar-refractivity contribution is 7.10. The highest BCUT2D eigenvalue weighted by Gasteiger charge is 2.17. The van der Waals surface area contributed by atoms with Crippen LogP contribution in [-0.4, -0.2) is 23.8 Å². The average molecular weight is 343 g/mol. The third-order valence-corrected chi connectivity index (χ3v) is 3.96. The highest BCUT2D eigenvalue weighted by Crippen LogP contribution is 2.13. The van der Waals surface area contributed by atoms with E-state index in [1.807, 2.05) is 17.5 Å². The zero-order chi connectivity index (χ0) is 17.5. The van der Waals surface area contributed by atoms with E-state index < -0.39 is 18.0 Å². The maximum absolute atomic E-state index is 12.1. The van der Waals surface area contributed by atoms with Crippen LogP contribution >= 0.6 is 11.3 Å². The molecule has 1 aromatic heterocycles. The van der Waals surface area contributed by atoms with Gasteiger partial charge in [-0.25, -0.2) is 4.79 Å². The van der Waals surface area contributed by atoms with Gasteiger partial charge in [0.1, 0.15) is 0 Å². The van der Waals surface area contributed by atoms with Crippen LogP contribution in [0.25, 0.3) is 6.08 Å². The van der Waals surface area contributed by atoms with Crippen molar-refractivity contribution >= 4 is 40.8 Å². The zero-order valence-corrected chi connectivity index (χ0v) is 14.1. The van der Waals surface area contributed by atoms with Crippen LogP contribution in [0.3, 0.4) is 0 Å². The number of rotatable bonds is 6. The monoisotopic (exact) mass is 343 g/mol. The van der Waals surface area contributed by atoms with Gasteiger partial charge in [-0.3, -0.25) is 9.59 Å². The minimum absolute atomic E-state index is 0.0933. The molecule has 1 heterocycles. The van der Waals surface area contributed by atoms with E-state index >= 15 is 0 Å². The molecule has 1 atom stereocenters. The first-order chi connectivity index (χ1) is 11.5. The van der Waals surface area contributed by atoms with Crippen molar-refractivity contribution in [3.8, 4) is 0 Å². The summed E-state index contributed by atoms with van der Waals surface area (Å²) in [7, 11) is 0. The standard InChI is InChI=1S/C18H17NO4S/c1-12(20)14-5-3-6-15(11-14)19-18(22)13(2)23-17(21)9-8-16-7-4-10-24-16/h3-11,13H,1-2H3,(H,19,22)/b9-8+/t13-/m1/s1. The molecule has 0 fully saturated rings. The van der Waals surface area contributed by atoms with E-state index in [2.05, 4.69) is 5.32 Å². The second kappa shape index (κ2) is 8.21. The van der Waals surface area contributed by atoms with Crippen LogP contribution in [0, 0.1) is 0 Å². The lowest BCUT2D eigenvalue weighted by atomic mass is 10.1. The maximum Gasteiger partial charge on any atom is 0.331 e. The van der Waals surface area contributed by atoms with Crippen LogP contribution in [0.15, 0.2) is 47.9 Å². The van der Waals surface area contributed by atoms with Crippen molar-refractivity contribution in [2.75, 3.05) is 5.32 Å². The number of ether oxygens (including phenoxy) is 1. The van der Waals surface area contributed by atoms with E-state index in [0.717, 1.165) is 4.88 Å². The second-order valence-corrected chi connectivity index (χ2v) is 6.03. The Morgan fingerprint density at radius 1 is 1.21 bits per heavy atom. The maximum atomic E-state index is 12.1. The number of anilines is 1. The fourth-order valence-corrected chi connectivity index (χ4v) is 2.48. The van der Waals surface area contributed by atoms with Crippen LogP contribution < -0.4 is 5.32 Å². The van der Waals surface area contributed by atoms with E-state index in [9.17, 15) is 14.4 Å². The van der Waals surface area contributed by atoms with E-state index in [4.69, 9.17) is 4.74 Å². The quantitative estimate of drug-likeness (QED) is 0.495. The van der Waals surface area contributed by atoms with Gasteiger partial charge in [0, 0.05) is 22.2 Å². The third-order valence-electron chi connectivity index (χ3n) is 3.13. The molecule has 124 valence electrons. The Hall–Kier alpha value is -2.73. The molecule has 24 heavy (non-hydrogen) atoms. The van der Waals surface area contributed by atoms with Crippen molar-refractivity contribution in [3.05, 3.63) is 58.3 Å². The fourth-order valence-electron chi connectivity index (χ4n) is 1.86. The van der Waals surface area contributed by atoms with Crippen molar-refractivity contribution in [1.29, 1.82) is 0 Å². The number of nitrogens with one attached hydrogen (secondary N) is 1. The van der Waals surface area contributed by atoms with Gasteiger partial charge < -0.3 is 10.1 Å². The lowest BCUT2D eigenvalue weighted by Crippen LogP contribution is -2.29. The molecule has 0 aliphatic heterocycles. The summed E-state index contributed by atoms with van der Waals surface area (Å²) in [6.07, 6.45) is 1.96. The molecule has 0 aliphatic rings. The molecule has 1 amide bonds. The lowest BCUT2D eigenvalue weighted by Gasteiger charge is -2.12. The number of thiophene rings is 1. The smallest absolute Gasteiger partial charge is 0.331 e. The number of carbonyl (C=O) groups is 3. The molecule has 0 bridgehead atoms. The molecular weight excluding hydrogens is 326 g/mol. The largest absolute Gasteiger partial charge is 0.449 e. The molecule has 2 rings (SSSR count). The van der Waals surface area contributed by atoms with E-state index in [1.165, 1.54) is 31.3 Å². The molecule has 1 aromatic carbocycles. The van der Waals surface area contributed by atoms with E-state index in [1.54, 1.807) is 30.3 Å². The van der Waals surface area contributed by atoms with Crippen LogP contribution in [0.2, 0.25) is 0 Å². The van der Waals surface area contributed by atoms with Gasteiger partial charge in [0.25, 0.3) is 5.91 Å². The summed E-state index contributed by atoms with van der Waals surface area (Å²) in [5, 5.41) is 4.52. The lowest BCUT2D eigenvalue weighted by molar-refractivity contribution is -0.148. The van der Waals surface area contributed by atoms with Gasteiger partial charge in [0.15, 0.2) is 11.9 Å². The highest BCUT2D eigenvalue weighted by atomic mass is 32.1. The molecule has 0 radical (unpaired) electrons. The summed E-state index contributed by atoms with van der Waals surface area (Å²) in [6.45, 7) is 2.94. The van der Waals surface area contributed by atoms with Crippen molar-refractivity contribution in [3.63, 3.8) is 0 Å². The van der Waals surface area contributed by atoms with E-state index in [0.29, 0.717) is 11.3 Å². The van der Waals surface area contributed by atoms with Gasteiger partial charge in [-0.05, 0) is 43.5 Å². The number of hydrogen-bond acceptors (Lipinski definition) is 5. The third kappa shape index (κ3) is 5.17. The minimum Gasteiger partial charge on any atom is -0.449 e. The number of Topliss-reactive ketones (excluding diaryl/α,β-unsaturated/α-hetero) is 1. The average Bonchev–Trinajstić information content (AvgIpc) is 3.06. The molecule has 5 nitrogen and oxygen atoms in total. The molecule has 0 saturated carbocycles. The Kier molecular flexibility index (Phi) is 6.03. The molecule has 0 unspecified atom stereocenters. The number of benzene rings is 1. The number of amides is 1. The predicted octanol–water partition coefficient (Wildman–Crippen LogP) is 3.53. The molecule has 0 spiro atoms. The van der Waals surface area contributed by atoms with Gasteiger partial charge >= 0.3 is 5.97 Å². The molecule has 0 aliphatic carbocycles. The van der Waals surface area contributed by atoms with Gasteiger partial charge in [-0.1, -0.05) is 18.2 Å². The van der Waals surface area contributed by atoms with Gasteiger partial charge in [-0.2, -0.15) is 0 Å². The Morgan fingerprint density at radius 2 is 2.00 bits per heavy atom. The molecule has 1 N–H and O–H groups in total. The number of esters is 1. The van der Waals surface area contributed by atoms with Crippen LogP contribution in [0.1, 0.15) is 29.1 Å². The topological polar surface area (TPSA) is 72.5 Å². The molecule has 2 aromatic rings. The first kappa shape index (κ1) is 17.6. The summed E-state index contributed by atoms with van der Waals surface area (Å²) in [5.41, 5.74) is 0.973.